The molecule has 0 saturated heterocycles. The third kappa shape index (κ3) is 3.96. The van der Waals surface area contributed by atoms with Crippen molar-refractivity contribution >= 4 is 33.5 Å². The van der Waals surface area contributed by atoms with Gasteiger partial charge in [-0.05, 0) is 67.2 Å². The van der Waals surface area contributed by atoms with Crippen LogP contribution in [0.25, 0.3) is 6.08 Å². The molecule has 190 valence electrons. The lowest BCUT2D eigenvalue weighted by Crippen LogP contribution is -2.52. The van der Waals surface area contributed by atoms with E-state index in [0.29, 0.717) is 24.5 Å². The molecule has 5 rings (SSSR count). The van der Waals surface area contributed by atoms with E-state index >= 15 is 0 Å². The van der Waals surface area contributed by atoms with Crippen molar-refractivity contribution in [1.82, 2.24) is 9.88 Å². The van der Waals surface area contributed by atoms with Gasteiger partial charge in [0.05, 0.1) is 23.2 Å². The van der Waals surface area contributed by atoms with Crippen molar-refractivity contribution in [2.45, 2.75) is 83.8 Å². The number of fused-ring (bicyclic) bond motifs is 4. The Morgan fingerprint density at radius 2 is 1.97 bits per heavy atom. The number of nitriles is 1. The molecule has 0 spiro atoms. The summed E-state index contributed by atoms with van der Waals surface area (Å²) in [5.41, 5.74) is 6.26. The van der Waals surface area contributed by atoms with Gasteiger partial charge in [0.1, 0.15) is 0 Å². The highest BCUT2D eigenvalue weighted by molar-refractivity contribution is 9.10. The molecule has 1 saturated carbocycles. The minimum atomic E-state index is -0.357. The number of anilines is 1. The van der Waals surface area contributed by atoms with Crippen molar-refractivity contribution < 1.29 is 4.79 Å². The number of halogens is 1. The van der Waals surface area contributed by atoms with Crippen LogP contribution in [0.2, 0.25) is 0 Å². The van der Waals surface area contributed by atoms with Crippen molar-refractivity contribution in [2.24, 2.45) is 5.92 Å². The Labute approximate surface area is 223 Å². The van der Waals surface area contributed by atoms with Gasteiger partial charge >= 0.3 is 0 Å². The number of nitrogens with zero attached hydrogens (tertiary/aromatic N) is 3. The molecule has 5 nitrogen and oxygen atoms in total. The molecule has 1 fully saturated rings. The van der Waals surface area contributed by atoms with Gasteiger partial charge in [0.25, 0.3) is 0 Å². The number of hydrogen-bond donors (Lipinski definition) is 1. The maximum absolute atomic E-state index is 13.8. The number of nitrogens with one attached hydrogen (secondary N) is 1. The first-order valence-electron chi connectivity index (χ1n) is 13.2. The van der Waals surface area contributed by atoms with Crippen LogP contribution in [0.5, 0.6) is 0 Å². The summed E-state index contributed by atoms with van der Waals surface area (Å²) in [6.07, 6.45) is 8.45. The van der Waals surface area contributed by atoms with E-state index in [1.54, 1.807) is 0 Å². The van der Waals surface area contributed by atoms with Crippen LogP contribution in [-0.4, -0.2) is 47.4 Å². The molecule has 2 unspecified atom stereocenters. The van der Waals surface area contributed by atoms with Crippen LogP contribution in [0.4, 0.5) is 5.69 Å². The molecule has 0 radical (unpaired) electrons. The van der Waals surface area contributed by atoms with Gasteiger partial charge in [-0.15, -0.1) is 0 Å². The Morgan fingerprint density at radius 1 is 1.25 bits per heavy atom. The maximum Gasteiger partial charge on any atom is 0.195 e. The number of carbonyl (C=O) groups excluding carboxylic acids is 1. The van der Waals surface area contributed by atoms with Crippen LogP contribution in [0.1, 0.15) is 92.3 Å². The molecule has 1 aromatic heterocycles. The van der Waals surface area contributed by atoms with Crippen molar-refractivity contribution in [3.8, 4) is 6.07 Å². The molecule has 0 aliphatic heterocycles. The minimum Gasteiger partial charge on any atom is -0.372 e. The molecule has 2 atom stereocenters. The summed E-state index contributed by atoms with van der Waals surface area (Å²) in [7, 11) is 2.16. The number of hydrogen-bond acceptors (Lipinski definition) is 4. The van der Waals surface area contributed by atoms with E-state index in [2.05, 4.69) is 84.5 Å². The van der Waals surface area contributed by atoms with Crippen LogP contribution in [0.3, 0.4) is 0 Å². The van der Waals surface area contributed by atoms with Gasteiger partial charge in [0.2, 0.25) is 0 Å². The summed E-state index contributed by atoms with van der Waals surface area (Å²) in [6, 6.07) is 8.22. The summed E-state index contributed by atoms with van der Waals surface area (Å²) in [6.45, 7) is 12.3. The van der Waals surface area contributed by atoms with Gasteiger partial charge in [-0.3, -0.25) is 9.69 Å². The van der Waals surface area contributed by atoms with E-state index in [-0.39, 0.29) is 17.1 Å². The van der Waals surface area contributed by atoms with Crippen LogP contribution in [0, 0.1) is 17.2 Å². The monoisotopic (exact) mass is 548 g/mol. The minimum absolute atomic E-state index is 0.0659. The largest absolute Gasteiger partial charge is 0.372 e. The molecular weight excluding hydrogens is 512 g/mol. The number of aromatic amines is 1. The third-order valence-corrected chi connectivity index (χ3v) is 9.25. The number of benzene rings is 1. The Balaban J connectivity index is 1.49. The van der Waals surface area contributed by atoms with E-state index in [0.717, 1.165) is 50.3 Å². The lowest BCUT2D eigenvalue weighted by atomic mass is 9.70. The first kappa shape index (κ1) is 25.3. The van der Waals surface area contributed by atoms with Gasteiger partial charge in [-0.2, -0.15) is 5.26 Å². The number of aromatic nitrogens is 1. The zero-order chi connectivity index (χ0) is 25.9. The smallest absolute Gasteiger partial charge is 0.195 e. The Bertz CT molecular complexity index is 1280. The summed E-state index contributed by atoms with van der Waals surface area (Å²) < 4.78 is 0.952. The highest BCUT2D eigenvalue weighted by Gasteiger charge is 2.42. The van der Waals surface area contributed by atoms with Crippen molar-refractivity contribution in [2.75, 3.05) is 18.5 Å². The second kappa shape index (κ2) is 9.19. The summed E-state index contributed by atoms with van der Waals surface area (Å²) in [5, 5.41) is 9.41. The zero-order valence-corrected chi connectivity index (χ0v) is 23.9. The maximum atomic E-state index is 13.8. The first-order chi connectivity index (χ1) is 17.0. The highest BCUT2D eigenvalue weighted by atomic mass is 79.9. The van der Waals surface area contributed by atoms with E-state index in [9.17, 15) is 10.1 Å². The number of rotatable bonds is 6. The number of allylic oxidation sites excluding steroid dienone is 1. The lowest BCUT2D eigenvalue weighted by molar-refractivity contribution is 0.0587. The Hall–Kier alpha value is -2.36. The van der Waals surface area contributed by atoms with E-state index in [1.807, 2.05) is 18.2 Å². The first-order valence-corrected chi connectivity index (χ1v) is 14.0. The molecule has 0 bridgehead atoms. The fourth-order valence-corrected chi connectivity index (χ4v) is 7.24. The summed E-state index contributed by atoms with van der Waals surface area (Å²) in [4.78, 5) is 22.4. The van der Waals surface area contributed by atoms with Crippen LogP contribution in [-0.2, 0) is 11.8 Å². The van der Waals surface area contributed by atoms with Gasteiger partial charge in [-0.25, -0.2) is 0 Å². The molecular formula is C30H37BrN4O. The molecule has 3 aliphatic carbocycles. The van der Waals surface area contributed by atoms with Crippen LogP contribution in [0.15, 0.2) is 22.7 Å². The Kier molecular flexibility index (Phi) is 6.46. The third-order valence-electron chi connectivity index (χ3n) is 8.61. The van der Waals surface area contributed by atoms with Gasteiger partial charge < -0.3 is 9.88 Å². The zero-order valence-electron chi connectivity index (χ0n) is 22.3. The van der Waals surface area contributed by atoms with E-state index < -0.39 is 0 Å². The van der Waals surface area contributed by atoms with Gasteiger partial charge in [0, 0.05) is 70.5 Å². The van der Waals surface area contributed by atoms with Crippen LogP contribution < -0.4 is 4.90 Å². The molecule has 2 aromatic rings. The van der Waals surface area contributed by atoms with E-state index in [4.69, 9.17) is 0 Å². The predicted octanol–water partition coefficient (Wildman–Crippen LogP) is 6.44. The Morgan fingerprint density at radius 3 is 2.58 bits per heavy atom. The average Bonchev–Trinajstić information content (AvgIpc) is 3.19. The fraction of sp³-hybridized carbons (Fsp3) is 0.533. The second-order valence-electron chi connectivity index (χ2n) is 11.7. The fourth-order valence-electron chi connectivity index (χ4n) is 6.60. The highest BCUT2D eigenvalue weighted by Crippen LogP contribution is 2.47. The van der Waals surface area contributed by atoms with Gasteiger partial charge in [0.15, 0.2) is 5.78 Å². The molecule has 1 heterocycles. The number of H-pyrrole nitrogens is 1. The molecule has 3 aliphatic rings. The predicted molar refractivity (Wildman–Crippen MR) is 150 cm³/mol. The summed E-state index contributed by atoms with van der Waals surface area (Å²) in [5.74, 6) is -0.0870. The SMILES string of the molecule is CC(C)N(C(C)CN(C)c1cc2c(cc1Br)C(=O)c1c([nH]c3c1C=CC(C#N)C3)C2(C)C)C1CCC1. The molecule has 36 heavy (non-hydrogen) atoms. The normalized spacial score (nSPS) is 21.0. The standard InChI is InChI=1S/C30H37BrN4O/c1-17(2)35(20-8-7-9-20)18(3)16-34(6)26-14-23-22(13-24(26)31)28(36)27-21-11-10-19(15-32)12-25(21)33-29(27)30(23,4)5/h10-11,13-14,17-20,33H,7-9,12,16H2,1-6H3. The summed E-state index contributed by atoms with van der Waals surface area (Å²) >= 11 is 3.81. The van der Waals surface area contributed by atoms with Crippen LogP contribution >= 0.6 is 15.9 Å². The molecule has 6 heteroatoms. The number of carbonyl (C=O) groups is 1. The lowest BCUT2D eigenvalue weighted by Gasteiger charge is -2.45. The number of likely N-dealkylation sites (N-methyl/N-ethyl adjacent to an activating group) is 1. The number of ketones is 1. The van der Waals surface area contributed by atoms with Gasteiger partial charge in [-0.1, -0.05) is 32.4 Å². The van der Waals surface area contributed by atoms with Crippen molar-refractivity contribution in [3.63, 3.8) is 0 Å². The van der Waals surface area contributed by atoms with Crippen molar-refractivity contribution in [1.29, 1.82) is 5.26 Å². The quantitative estimate of drug-likeness (QED) is 0.450. The average molecular weight is 550 g/mol. The molecule has 0 amide bonds. The molecule has 1 aromatic carbocycles. The molecule has 1 N–H and O–H groups in total. The van der Waals surface area contributed by atoms with E-state index in [1.165, 1.54) is 19.3 Å². The second-order valence-corrected chi connectivity index (χ2v) is 12.6. The van der Waals surface area contributed by atoms with Crippen molar-refractivity contribution in [3.05, 3.63) is 56.3 Å². The topological polar surface area (TPSA) is 63.1 Å².